The van der Waals surface area contributed by atoms with Gasteiger partial charge in [-0.05, 0) is 56.1 Å². The van der Waals surface area contributed by atoms with Gasteiger partial charge in [0, 0.05) is 38.2 Å². The van der Waals surface area contributed by atoms with Crippen molar-refractivity contribution in [1.29, 1.82) is 0 Å². The van der Waals surface area contributed by atoms with Crippen LogP contribution in [0.15, 0.2) is 28.3 Å². The molecule has 1 aliphatic heterocycles. The van der Waals surface area contributed by atoms with E-state index in [1.54, 1.807) is 23.9 Å². The van der Waals surface area contributed by atoms with Crippen LogP contribution < -0.4 is 5.32 Å². The molecule has 2 heterocycles. The van der Waals surface area contributed by atoms with Gasteiger partial charge < -0.3 is 9.88 Å². The molecule has 182 valence electrons. The average molecular weight is 494 g/mol. The van der Waals surface area contributed by atoms with Crippen LogP contribution in [0.2, 0.25) is 0 Å². The quantitative estimate of drug-likeness (QED) is 0.402. The van der Waals surface area contributed by atoms with Gasteiger partial charge in [0.15, 0.2) is 5.16 Å². The molecule has 1 aromatic heterocycles. The van der Waals surface area contributed by atoms with Crippen molar-refractivity contribution in [2.45, 2.75) is 69.5 Å². The predicted molar refractivity (Wildman–Crippen MR) is 131 cm³/mol. The van der Waals surface area contributed by atoms with Crippen molar-refractivity contribution in [1.82, 2.24) is 24.4 Å². The zero-order chi connectivity index (χ0) is 24.0. The Morgan fingerprint density at radius 1 is 1.18 bits per heavy atom. The Morgan fingerprint density at radius 2 is 1.91 bits per heavy atom. The Hall–Kier alpha value is -1.91. The molecule has 0 aliphatic carbocycles. The number of aryl methyl sites for hydroxylation is 2. The molecule has 0 saturated carbocycles. The van der Waals surface area contributed by atoms with Crippen LogP contribution in [0.25, 0.3) is 0 Å². The number of nitrogens with one attached hydrogen (secondary N) is 1. The van der Waals surface area contributed by atoms with Crippen LogP contribution >= 0.6 is 11.8 Å². The van der Waals surface area contributed by atoms with Crippen molar-refractivity contribution >= 4 is 27.7 Å². The number of carbonyl (C=O) groups is 1. The van der Waals surface area contributed by atoms with Crippen LogP contribution in [-0.2, 0) is 23.0 Å². The monoisotopic (exact) mass is 493 g/mol. The third-order valence-electron chi connectivity index (χ3n) is 5.79. The fourth-order valence-corrected chi connectivity index (χ4v) is 6.07. The highest BCUT2D eigenvalue weighted by atomic mass is 32.2. The van der Waals surface area contributed by atoms with E-state index >= 15 is 0 Å². The highest BCUT2D eigenvalue weighted by Gasteiger charge is 2.27. The minimum Gasteiger partial charge on any atom is -0.352 e. The standard InChI is InChI=1S/C23H35N5O3S2/c1-17(2)16-28-21(25-26-23(28)32-4)9-8-12-24-22(29)20-15-19(11-10-18(20)3)33(30,31)27-13-6-5-7-14-27/h10-11,15,17H,5-9,12-14,16H2,1-4H3,(H,24,29). The van der Waals surface area contributed by atoms with Crippen molar-refractivity contribution in [2.24, 2.45) is 5.92 Å². The number of rotatable bonds is 10. The Labute approximate surface area is 201 Å². The zero-order valence-corrected chi connectivity index (χ0v) is 21.6. The third kappa shape index (κ3) is 6.36. The fraction of sp³-hybridized carbons (Fsp3) is 0.609. The van der Waals surface area contributed by atoms with E-state index in [0.29, 0.717) is 37.5 Å². The highest BCUT2D eigenvalue weighted by molar-refractivity contribution is 7.98. The van der Waals surface area contributed by atoms with Crippen LogP contribution in [0.3, 0.4) is 0 Å². The molecule has 1 amide bonds. The van der Waals surface area contributed by atoms with Gasteiger partial charge in [0.2, 0.25) is 10.0 Å². The van der Waals surface area contributed by atoms with Crippen molar-refractivity contribution < 1.29 is 13.2 Å². The summed E-state index contributed by atoms with van der Waals surface area (Å²) in [5, 5.41) is 12.4. The molecule has 1 saturated heterocycles. The maximum atomic E-state index is 13.0. The molecule has 0 radical (unpaired) electrons. The Kier molecular flexibility index (Phi) is 8.95. The predicted octanol–water partition coefficient (Wildman–Crippen LogP) is 3.50. The number of nitrogens with zero attached hydrogens (tertiary/aromatic N) is 4. The molecule has 1 aliphatic rings. The van der Waals surface area contributed by atoms with Crippen LogP contribution in [0.5, 0.6) is 0 Å². The minimum atomic E-state index is -3.58. The summed E-state index contributed by atoms with van der Waals surface area (Å²) < 4.78 is 29.7. The van der Waals surface area contributed by atoms with E-state index in [-0.39, 0.29) is 10.8 Å². The van der Waals surface area contributed by atoms with E-state index in [2.05, 4.69) is 33.9 Å². The maximum absolute atomic E-state index is 13.0. The van der Waals surface area contributed by atoms with Crippen molar-refractivity contribution in [3.05, 3.63) is 35.2 Å². The molecule has 0 unspecified atom stereocenters. The molecule has 8 nitrogen and oxygen atoms in total. The van der Waals surface area contributed by atoms with E-state index in [4.69, 9.17) is 0 Å². The summed E-state index contributed by atoms with van der Waals surface area (Å²) in [7, 11) is -3.58. The Balaban J connectivity index is 1.62. The molecule has 0 spiro atoms. The first-order valence-corrected chi connectivity index (χ1v) is 14.3. The maximum Gasteiger partial charge on any atom is 0.251 e. The molecule has 3 rings (SSSR count). The molecular formula is C23H35N5O3S2. The van der Waals surface area contributed by atoms with Gasteiger partial charge in [-0.3, -0.25) is 4.79 Å². The number of aromatic nitrogens is 3. The number of carbonyl (C=O) groups excluding carboxylic acids is 1. The van der Waals surface area contributed by atoms with Gasteiger partial charge in [0.1, 0.15) is 5.82 Å². The summed E-state index contributed by atoms with van der Waals surface area (Å²) in [6.45, 7) is 8.57. The van der Waals surface area contributed by atoms with Gasteiger partial charge in [0.25, 0.3) is 5.91 Å². The number of benzene rings is 1. The molecule has 0 atom stereocenters. The largest absolute Gasteiger partial charge is 0.352 e. The van der Waals surface area contributed by atoms with E-state index < -0.39 is 10.0 Å². The van der Waals surface area contributed by atoms with E-state index in [1.807, 2.05) is 13.2 Å². The molecule has 1 aromatic carbocycles. The van der Waals surface area contributed by atoms with Crippen molar-refractivity contribution in [2.75, 3.05) is 25.9 Å². The second-order valence-corrected chi connectivity index (χ2v) is 11.6. The van der Waals surface area contributed by atoms with Crippen LogP contribution in [0.1, 0.15) is 61.3 Å². The smallest absolute Gasteiger partial charge is 0.251 e. The summed E-state index contributed by atoms with van der Waals surface area (Å²) in [6.07, 6.45) is 6.24. The van der Waals surface area contributed by atoms with Gasteiger partial charge >= 0.3 is 0 Å². The summed E-state index contributed by atoms with van der Waals surface area (Å²) in [6, 6.07) is 4.82. The second-order valence-electron chi connectivity index (χ2n) is 8.91. The molecule has 0 bridgehead atoms. The van der Waals surface area contributed by atoms with Gasteiger partial charge in [-0.1, -0.05) is 38.1 Å². The van der Waals surface area contributed by atoms with Crippen LogP contribution in [0, 0.1) is 12.8 Å². The lowest BCUT2D eigenvalue weighted by atomic mass is 10.1. The van der Waals surface area contributed by atoms with Crippen molar-refractivity contribution in [3.63, 3.8) is 0 Å². The first kappa shape index (κ1) is 25.7. The summed E-state index contributed by atoms with van der Waals surface area (Å²) >= 11 is 1.58. The topological polar surface area (TPSA) is 97.2 Å². The third-order valence-corrected chi connectivity index (χ3v) is 8.35. The summed E-state index contributed by atoms with van der Waals surface area (Å²) in [5.74, 6) is 1.16. The number of hydrogen-bond donors (Lipinski definition) is 1. The molecular weight excluding hydrogens is 458 g/mol. The molecule has 33 heavy (non-hydrogen) atoms. The number of sulfonamides is 1. The fourth-order valence-electron chi connectivity index (χ4n) is 4.01. The van der Waals surface area contributed by atoms with Gasteiger partial charge in [-0.25, -0.2) is 8.42 Å². The molecule has 1 N–H and O–H groups in total. The van der Waals surface area contributed by atoms with Crippen LogP contribution in [0.4, 0.5) is 0 Å². The van der Waals surface area contributed by atoms with Crippen LogP contribution in [-0.4, -0.2) is 59.3 Å². The van der Waals surface area contributed by atoms with Gasteiger partial charge in [-0.2, -0.15) is 4.31 Å². The van der Waals surface area contributed by atoms with E-state index in [1.165, 1.54) is 10.4 Å². The summed E-state index contributed by atoms with van der Waals surface area (Å²) in [4.78, 5) is 13.0. The number of hydrogen-bond acceptors (Lipinski definition) is 6. The van der Waals surface area contributed by atoms with E-state index in [9.17, 15) is 13.2 Å². The SMILES string of the molecule is CSc1nnc(CCCNC(=O)c2cc(S(=O)(=O)N3CCCCC3)ccc2C)n1CC(C)C. The zero-order valence-electron chi connectivity index (χ0n) is 20.0. The first-order chi connectivity index (χ1) is 15.7. The number of piperidine rings is 1. The molecule has 10 heteroatoms. The normalized spacial score (nSPS) is 15.2. The number of amides is 1. The second kappa shape index (κ2) is 11.5. The number of thioether (sulfide) groups is 1. The molecule has 1 fully saturated rings. The Bertz CT molecular complexity index is 1060. The van der Waals surface area contributed by atoms with Crippen molar-refractivity contribution in [3.8, 4) is 0 Å². The average Bonchev–Trinajstić information content (AvgIpc) is 3.18. The highest BCUT2D eigenvalue weighted by Crippen LogP contribution is 2.23. The minimum absolute atomic E-state index is 0.187. The lowest BCUT2D eigenvalue weighted by Crippen LogP contribution is -2.35. The summed E-state index contributed by atoms with van der Waals surface area (Å²) in [5.41, 5.74) is 1.16. The molecule has 2 aromatic rings. The van der Waals surface area contributed by atoms with E-state index in [0.717, 1.165) is 48.8 Å². The lowest BCUT2D eigenvalue weighted by Gasteiger charge is -2.26. The first-order valence-electron chi connectivity index (χ1n) is 11.6. The Morgan fingerprint density at radius 3 is 2.58 bits per heavy atom. The van der Waals surface area contributed by atoms with Gasteiger partial charge in [0.05, 0.1) is 4.90 Å². The lowest BCUT2D eigenvalue weighted by molar-refractivity contribution is 0.0952. The van der Waals surface area contributed by atoms with Gasteiger partial charge in [-0.15, -0.1) is 10.2 Å².